The van der Waals surface area contributed by atoms with Crippen LogP contribution in [0.15, 0.2) is 175 Å². The predicted octanol–water partition coefficient (Wildman–Crippen LogP) is 19.5. The van der Waals surface area contributed by atoms with E-state index in [0.29, 0.717) is 0 Å². The summed E-state index contributed by atoms with van der Waals surface area (Å²) in [6.45, 7) is 34.9. The van der Waals surface area contributed by atoms with Gasteiger partial charge in [0, 0.05) is 56.2 Å². The van der Waals surface area contributed by atoms with Crippen LogP contribution < -0.4 is 25.6 Å². The fourth-order valence-electron chi connectivity index (χ4n) is 16.2. The molecule has 0 N–H and O–H groups in total. The fourth-order valence-corrected chi connectivity index (χ4v) is 16.2. The van der Waals surface area contributed by atoms with E-state index in [1.54, 1.807) is 11.0 Å². The highest BCUT2D eigenvalue weighted by molar-refractivity contribution is 6.96. The molecule has 1 fully saturated rings. The van der Waals surface area contributed by atoms with Gasteiger partial charge in [0.15, 0.2) is 0 Å². The maximum absolute atomic E-state index is 2.95. The molecular weight excluding hydrogens is 978 g/mol. The molecule has 3 heterocycles. The fraction of sp³-hybridized carbons (Fsp3) is 0.351. The van der Waals surface area contributed by atoms with Crippen LogP contribution in [0, 0.1) is 0 Å². The summed E-state index contributed by atoms with van der Waals surface area (Å²) < 4.78 is 0. The minimum Gasteiger partial charge on any atom is -0.335 e. The number of allylic oxidation sites excluding steroid dienone is 1. The van der Waals surface area contributed by atoms with Gasteiger partial charge in [-0.15, -0.1) is 0 Å². The number of nitrogens with zero attached hydrogens (tertiary/aromatic N) is 3. The molecule has 8 aromatic carbocycles. The molecule has 0 spiro atoms. The second-order valence-electron chi connectivity index (χ2n) is 29.6. The zero-order valence-electron chi connectivity index (χ0n) is 50.8. The largest absolute Gasteiger partial charge is 0.335 e. The number of hydrogen-bond donors (Lipinski definition) is 0. The van der Waals surface area contributed by atoms with Gasteiger partial charge in [-0.1, -0.05) is 224 Å². The van der Waals surface area contributed by atoms with Gasteiger partial charge in [0.05, 0.1) is 11.2 Å². The van der Waals surface area contributed by atoms with Crippen LogP contribution in [0.1, 0.15) is 174 Å². The van der Waals surface area contributed by atoms with Gasteiger partial charge in [-0.2, -0.15) is 0 Å². The summed E-state index contributed by atoms with van der Waals surface area (Å²) in [7, 11) is 0. The maximum Gasteiger partial charge on any atom is 0.248 e. The van der Waals surface area contributed by atoms with Crippen molar-refractivity contribution in [2.45, 2.75) is 173 Å². The van der Waals surface area contributed by atoms with Crippen LogP contribution in [-0.2, 0) is 32.5 Å². The lowest BCUT2D eigenvalue weighted by Crippen LogP contribution is -2.62. The predicted molar refractivity (Wildman–Crippen MR) is 347 cm³/mol. The van der Waals surface area contributed by atoms with Crippen molar-refractivity contribution in [3.8, 4) is 22.3 Å². The second-order valence-corrected chi connectivity index (χ2v) is 29.6. The molecule has 0 radical (unpaired) electrons. The number of hydrogen-bond acceptors (Lipinski definition) is 3. The number of benzene rings is 8. The van der Waals surface area contributed by atoms with E-state index in [1.807, 2.05) is 0 Å². The van der Waals surface area contributed by atoms with Crippen molar-refractivity contribution in [1.82, 2.24) is 0 Å². The summed E-state index contributed by atoms with van der Waals surface area (Å²) in [4.78, 5) is 8.28. The van der Waals surface area contributed by atoms with Gasteiger partial charge < -0.3 is 14.7 Å². The molecule has 3 aliphatic heterocycles. The highest BCUT2D eigenvalue weighted by atomic mass is 15.3. The van der Waals surface area contributed by atoms with E-state index < -0.39 is 0 Å². The zero-order chi connectivity index (χ0) is 56.6. The smallest absolute Gasteiger partial charge is 0.248 e. The lowest BCUT2D eigenvalue weighted by molar-refractivity contribution is 0.195. The van der Waals surface area contributed by atoms with Gasteiger partial charge in [0.2, 0.25) is 6.71 Å². The summed E-state index contributed by atoms with van der Waals surface area (Å²) in [5.41, 5.74) is 29.3. The van der Waals surface area contributed by atoms with Crippen LogP contribution in [0.4, 0.5) is 39.8 Å². The van der Waals surface area contributed by atoms with Crippen LogP contribution >= 0.6 is 0 Å². The Bertz CT molecular complexity index is 3800. The van der Waals surface area contributed by atoms with Crippen LogP contribution in [0.2, 0.25) is 0 Å². The Labute approximate surface area is 485 Å². The van der Waals surface area contributed by atoms with Crippen LogP contribution in [0.3, 0.4) is 0 Å². The van der Waals surface area contributed by atoms with E-state index in [0.717, 1.165) is 23.5 Å². The van der Waals surface area contributed by atoms with Crippen molar-refractivity contribution in [3.05, 3.63) is 214 Å². The van der Waals surface area contributed by atoms with Crippen molar-refractivity contribution in [2.24, 2.45) is 0 Å². The Kier molecular flexibility index (Phi) is 11.2. The highest BCUT2D eigenvalue weighted by Crippen LogP contribution is 2.65. The Morgan fingerprint density at radius 1 is 0.457 bits per heavy atom. The van der Waals surface area contributed by atoms with Gasteiger partial charge in [-0.05, 0) is 175 Å². The normalized spacial score (nSPS) is 21.4. The summed E-state index contributed by atoms with van der Waals surface area (Å²) >= 11 is 0. The third-order valence-electron chi connectivity index (χ3n) is 21.4. The van der Waals surface area contributed by atoms with E-state index in [-0.39, 0.29) is 44.7 Å². The summed E-state index contributed by atoms with van der Waals surface area (Å²) in [6.07, 6.45) is 7.13. The molecule has 14 rings (SSSR count). The standard InChI is InChI=1S/C77H82BN3/c1-71(2,3)53-31-37-57(38-32-53)80-65-45-58(79(55-33-27-51(28-34-55)49-23-17-15-18-24-49)56-35-29-52(30-36-56)50-25-19-16-20-26-50)46-66-67(65)78(64-44-54(72(4,5)6)43-63-69(64)81(66)77(14)40-22-21-39-76(63,77)13)70-68(80)59-47-61-62(48-60(59)75(70,11)12)74(9,10)42-41-73(61,7)8/h15-20,23-38,43-48H,21-22,39-42H2,1-14H3. The van der Waals surface area contributed by atoms with Gasteiger partial charge in [0.25, 0.3) is 0 Å². The molecule has 0 aromatic heterocycles. The first-order valence-corrected chi connectivity index (χ1v) is 30.5. The third kappa shape index (κ3) is 7.59. The molecule has 81 heavy (non-hydrogen) atoms. The molecule has 3 aliphatic carbocycles. The van der Waals surface area contributed by atoms with Gasteiger partial charge in [-0.25, -0.2) is 0 Å². The molecular formula is C77H82BN3. The van der Waals surface area contributed by atoms with Crippen molar-refractivity contribution in [1.29, 1.82) is 0 Å². The SMILES string of the molecule is CC(C)(C)c1ccc(N2C3=C(B4c5cc(C(C)(C)C)cc6c5N(c5cc(N(c7ccc(-c8ccccc8)cc7)c7ccc(-c8ccccc8)cc7)cc2c54)C2(C)CCCCC62C)C(C)(C)c2cc4c(cc23)C(C)(C)CCC4(C)C)cc1. The molecule has 3 nitrogen and oxygen atoms in total. The Hall–Kier alpha value is -7.04. The Balaban J connectivity index is 1.11. The number of rotatable bonds is 6. The first-order valence-electron chi connectivity index (χ1n) is 30.5. The van der Waals surface area contributed by atoms with Crippen molar-refractivity contribution >= 4 is 63.1 Å². The van der Waals surface area contributed by atoms with Crippen LogP contribution in [0.25, 0.3) is 28.0 Å². The minimum absolute atomic E-state index is 0.00504. The molecule has 8 aromatic rings. The minimum atomic E-state index is -0.293. The van der Waals surface area contributed by atoms with E-state index in [1.165, 1.54) is 127 Å². The summed E-state index contributed by atoms with van der Waals surface area (Å²) in [5, 5.41) is 0. The first-order chi connectivity index (χ1) is 38.4. The zero-order valence-corrected chi connectivity index (χ0v) is 50.8. The lowest BCUT2D eigenvalue weighted by Gasteiger charge is -2.53. The van der Waals surface area contributed by atoms with Crippen LogP contribution in [-0.4, -0.2) is 12.3 Å². The topological polar surface area (TPSA) is 9.72 Å². The molecule has 2 unspecified atom stereocenters. The average molecular weight is 1060 g/mol. The molecule has 0 amide bonds. The van der Waals surface area contributed by atoms with Crippen LogP contribution in [0.5, 0.6) is 0 Å². The molecule has 2 atom stereocenters. The Morgan fingerprint density at radius 2 is 0.975 bits per heavy atom. The van der Waals surface area contributed by atoms with Gasteiger partial charge in [-0.3, -0.25) is 0 Å². The van der Waals surface area contributed by atoms with E-state index in [2.05, 4.69) is 281 Å². The maximum atomic E-state index is 2.95. The summed E-state index contributed by atoms with van der Waals surface area (Å²) in [6, 6.07) is 66.1. The molecule has 1 saturated carbocycles. The van der Waals surface area contributed by atoms with E-state index >= 15 is 0 Å². The van der Waals surface area contributed by atoms with Crippen molar-refractivity contribution < 1.29 is 0 Å². The van der Waals surface area contributed by atoms with Gasteiger partial charge >= 0.3 is 0 Å². The highest BCUT2D eigenvalue weighted by Gasteiger charge is 2.63. The molecule has 0 bridgehead atoms. The van der Waals surface area contributed by atoms with Gasteiger partial charge in [0.1, 0.15) is 0 Å². The van der Waals surface area contributed by atoms with E-state index in [9.17, 15) is 0 Å². The monoisotopic (exact) mass is 1060 g/mol. The first kappa shape index (κ1) is 52.1. The summed E-state index contributed by atoms with van der Waals surface area (Å²) in [5.74, 6) is 0. The average Bonchev–Trinajstić information content (AvgIpc) is 3.83. The van der Waals surface area contributed by atoms with Crippen molar-refractivity contribution in [3.63, 3.8) is 0 Å². The van der Waals surface area contributed by atoms with Crippen molar-refractivity contribution in [2.75, 3.05) is 14.7 Å². The number of fused-ring (bicyclic) bond motifs is 9. The lowest BCUT2D eigenvalue weighted by atomic mass is 9.30. The Morgan fingerprint density at radius 3 is 1.53 bits per heavy atom. The second kappa shape index (κ2) is 17.5. The third-order valence-corrected chi connectivity index (χ3v) is 21.4. The van der Waals surface area contributed by atoms with E-state index in [4.69, 9.17) is 0 Å². The molecule has 0 saturated heterocycles. The quantitative estimate of drug-likeness (QED) is 0.154. The molecule has 408 valence electrons. The number of anilines is 7. The molecule has 4 heteroatoms. The molecule has 6 aliphatic rings.